The minimum absolute atomic E-state index is 0.741. The minimum atomic E-state index is 0.741. The monoisotopic (exact) mass is 174 g/mol. The molecule has 0 aliphatic rings. The van der Waals surface area contributed by atoms with E-state index in [9.17, 15) is 0 Å². The Bertz CT molecular complexity index is 323. The van der Waals surface area contributed by atoms with Gasteiger partial charge in [0, 0.05) is 5.69 Å². The van der Waals surface area contributed by atoms with Crippen molar-refractivity contribution in [3.8, 4) is 6.07 Å². The van der Waals surface area contributed by atoms with Gasteiger partial charge in [0.2, 0.25) is 0 Å². The van der Waals surface area contributed by atoms with Gasteiger partial charge in [-0.05, 0) is 36.6 Å². The number of nitrogen functional groups attached to an aromatic ring is 1. The number of rotatable bonds is 3. The summed E-state index contributed by atoms with van der Waals surface area (Å²) in [6.07, 6.45) is 3.20. The molecule has 0 saturated carbocycles. The number of aryl methyl sites for hydroxylation is 1. The topological polar surface area (TPSA) is 49.8 Å². The van der Waals surface area contributed by atoms with Crippen molar-refractivity contribution < 1.29 is 0 Å². The van der Waals surface area contributed by atoms with Crippen LogP contribution in [-0.4, -0.2) is 0 Å². The van der Waals surface area contributed by atoms with Crippen LogP contribution >= 0.6 is 0 Å². The predicted molar refractivity (Wildman–Crippen MR) is 54.2 cm³/mol. The summed E-state index contributed by atoms with van der Waals surface area (Å²) in [4.78, 5) is 0. The Labute approximate surface area is 79.0 Å². The normalized spacial score (nSPS) is 9.54. The average Bonchev–Trinajstić information content (AvgIpc) is 2.15. The van der Waals surface area contributed by atoms with E-state index in [1.165, 1.54) is 0 Å². The first-order valence-electron chi connectivity index (χ1n) is 4.56. The summed E-state index contributed by atoms with van der Waals surface area (Å²) in [5, 5.41) is 8.82. The molecule has 0 saturated heterocycles. The van der Waals surface area contributed by atoms with Crippen LogP contribution in [0.3, 0.4) is 0 Å². The molecule has 0 aliphatic heterocycles. The number of anilines is 1. The van der Waals surface area contributed by atoms with Gasteiger partial charge in [-0.2, -0.15) is 5.26 Å². The third kappa shape index (κ3) is 2.48. The highest BCUT2D eigenvalue weighted by molar-refractivity contribution is 5.49. The first-order valence-corrected chi connectivity index (χ1v) is 4.56. The predicted octanol–water partition coefficient (Wildman–Crippen LogP) is 2.48. The van der Waals surface area contributed by atoms with Crippen molar-refractivity contribution in [2.45, 2.75) is 26.2 Å². The molecule has 2 nitrogen and oxygen atoms in total. The lowest BCUT2D eigenvalue weighted by Crippen LogP contribution is -1.93. The zero-order valence-electron chi connectivity index (χ0n) is 7.88. The van der Waals surface area contributed by atoms with Crippen LogP contribution in [-0.2, 0) is 6.42 Å². The van der Waals surface area contributed by atoms with Gasteiger partial charge >= 0.3 is 0 Å². The van der Waals surface area contributed by atoms with E-state index < -0.39 is 0 Å². The lowest BCUT2D eigenvalue weighted by molar-refractivity contribution is 0.794. The molecule has 0 aromatic heterocycles. The van der Waals surface area contributed by atoms with Gasteiger partial charge in [-0.1, -0.05) is 13.3 Å². The van der Waals surface area contributed by atoms with Crippen LogP contribution in [0.5, 0.6) is 0 Å². The van der Waals surface area contributed by atoms with Gasteiger partial charge in [-0.25, -0.2) is 0 Å². The maximum atomic E-state index is 8.82. The van der Waals surface area contributed by atoms with Crippen molar-refractivity contribution >= 4 is 5.69 Å². The summed E-state index contributed by atoms with van der Waals surface area (Å²) in [6, 6.07) is 7.64. The molecule has 0 heterocycles. The Kier molecular flexibility index (Phi) is 3.33. The molecule has 68 valence electrons. The fourth-order valence-corrected chi connectivity index (χ4v) is 1.30. The molecule has 1 aromatic rings. The van der Waals surface area contributed by atoms with Crippen LogP contribution in [0.25, 0.3) is 0 Å². The highest BCUT2D eigenvalue weighted by atomic mass is 14.5. The lowest BCUT2D eigenvalue weighted by atomic mass is 10.0. The van der Waals surface area contributed by atoms with E-state index >= 15 is 0 Å². The number of unbranched alkanes of at least 4 members (excludes halogenated alkanes) is 1. The van der Waals surface area contributed by atoms with Crippen molar-refractivity contribution in [1.29, 1.82) is 5.26 Å². The highest BCUT2D eigenvalue weighted by Gasteiger charge is 2.01. The Hall–Kier alpha value is -1.49. The molecule has 2 heteroatoms. The van der Waals surface area contributed by atoms with Gasteiger partial charge < -0.3 is 5.73 Å². The summed E-state index contributed by atoms with van der Waals surface area (Å²) in [5.41, 5.74) is 8.21. The van der Waals surface area contributed by atoms with Crippen LogP contribution in [0.2, 0.25) is 0 Å². The van der Waals surface area contributed by atoms with Crippen molar-refractivity contribution in [2.24, 2.45) is 0 Å². The molecule has 13 heavy (non-hydrogen) atoms. The van der Waals surface area contributed by atoms with Gasteiger partial charge in [0.25, 0.3) is 0 Å². The third-order valence-corrected chi connectivity index (χ3v) is 2.05. The Balaban J connectivity index is 2.89. The van der Waals surface area contributed by atoms with E-state index in [0.717, 1.165) is 36.1 Å². The molecule has 1 rings (SSSR count). The van der Waals surface area contributed by atoms with Gasteiger partial charge in [0.15, 0.2) is 0 Å². The number of benzene rings is 1. The number of hydrogen-bond acceptors (Lipinski definition) is 2. The first kappa shape index (κ1) is 9.60. The van der Waals surface area contributed by atoms with E-state index in [1.807, 2.05) is 6.07 Å². The second-order valence-corrected chi connectivity index (χ2v) is 3.13. The van der Waals surface area contributed by atoms with Crippen LogP contribution in [0, 0.1) is 11.3 Å². The number of nitrogens with two attached hydrogens (primary N) is 1. The molecule has 0 unspecified atom stereocenters. The summed E-state index contributed by atoms with van der Waals surface area (Å²) in [6.45, 7) is 2.14. The number of nitriles is 1. The van der Waals surface area contributed by atoms with Crippen LogP contribution < -0.4 is 5.73 Å². The fourth-order valence-electron chi connectivity index (χ4n) is 1.30. The lowest BCUT2D eigenvalue weighted by Gasteiger charge is -2.03. The standard InChI is InChI=1S/C11H14N2/c1-2-3-4-9-7-11(13)6-5-10(9)8-12/h5-7H,2-4,13H2,1H3. The molecule has 2 N–H and O–H groups in total. The Morgan fingerprint density at radius 2 is 2.23 bits per heavy atom. The molecule has 0 aliphatic carbocycles. The van der Waals surface area contributed by atoms with Crippen molar-refractivity contribution in [1.82, 2.24) is 0 Å². The smallest absolute Gasteiger partial charge is 0.0994 e. The van der Waals surface area contributed by atoms with Crippen molar-refractivity contribution in [3.05, 3.63) is 29.3 Å². The highest BCUT2D eigenvalue weighted by Crippen LogP contribution is 2.15. The number of nitrogens with zero attached hydrogens (tertiary/aromatic N) is 1. The van der Waals surface area contributed by atoms with Crippen LogP contribution in [0.15, 0.2) is 18.2 Å². The van der Waals surface area contributed by atoms with E-state index in [1.54, 1.807) is 12.1 Å². The maximum absolute atomic E-state index is 8.82. The molecule has 0 bridgehead atoms. The largest absolute Gasteiger partial charge is 0.399 e. The Morgan fingerprint density at radius 1 is 1.46 bits per heavy atom. The van der Waals surface area contributed by atoms with Crippen LogP contribution in [0.1, 0.15) is 30.9 Å². The molecular weight excluding hydrogens is 160 g/mol. The maximum Gasteiger partial charge on any atom is 0.0994 e. The molecule has 0 radical (unpaired) electrons. The second-order valence-electron chi connectivity index (χ2n) is 3.13. The Morgan fingerprint density at radius 3 is 2.85 bits per heavy atom. The van der Waals surface area contributed by atoms with Crippen LogP contribution in [0.4, 0.5) is 5.69 Å². The SMILES string of the molecule is CCCCc1cc(N)ccc1C#N. The van der Waals surface area contributed by atoms with Gasteiger partial charge in [-0.15, -0.1) is 0 Å². The average molecular weight is 174 g/mol. The zero-order chi connectivity index (χ0) is 9.68. The summed E-state index contributed by atoms with van der Waals surface area (Å²) >= 11 is 0. The molecular formula is C11H14N2. The minimum Gasteiger partial charge on any atom is -0.399 e. The zero-order valence-corrected chi connectivity index (χ0v) is 7.88. The van der Waals surface area contributed by atoms with E-state index in [0.29, 0.717) is 0 Å². The van der Waals surface area contributed by atoms with Gasteiger partial charge in [0.1, 0.15) is 0 Å². The third-order valence-electron chi connectivity index (χ3n) is 2.05. The van der Waals surface area contributed by atoms with E-state index in [2.05, 4.69) is 13.0 Å². The van der Waals surface area contributed by atoms with E-state index in [4.69, 9.17) is 11.0 Å². The second kappa shape index (κ2) is 4.51. The molecule has 0 fully saturated rings. The van der Waals surface area contributed by atoms with Gasteiger partial charge in [-0.3, -0.25) is 0 Å². The summed E-state index contributed by atoms with van der Waals surface area (Å²) in [5.74, 6) is 0. The quantitative estimate of drug-likeness (QED) is 0.716. The summed E-state index contributed by atoms with van der Waals surface area (Å²) in [7, 11) is 0. The van der Waals surface area contributed by atoms with Gasteiger partial charge in [0.05, 0.1) is 11.6 Å². The molecule has 0 spiro atoms. The molecule has 1 aromatic carbocycles. The van der Waals surface area contributed by atoms with Crippen molar-refractivity contribution in [3.63, 3.8) is 0 Å². The summed E-state index contributed by atoms with van der Waals surface area (Å²) < 4.78 is 0. The fraction of sp³-hybridized carbons (Fsp3) is 0.364. The number of hydrogen-bond donors (Lipinski definition) is 1. The molecule has 0 atom stereocenters. The molecule has 0 amide bonds. The first-order chi connectivity index (χ1) is 6.27. The van der Waals surface area contributed by atoms with Crippen molar-refractivity contribution in [2.75, 3.05) is 5.73 Å². The van der Waals surface area contributed by atoms with E-state index in [-0.39, 0.29) is 0 Å².